The van der Waals surface area contributed by atoms with Gasteiger partial charge in [-0.2, -0.15) is 0 Å². The number of hydrogen-bond donors (Lipinski definition) is 0. The van der Waals surface area contributed by atoms with Crippen LogP contribution in [0.15, 0.2) is 42.6 Å². The number of halogens is 1. The third-order valence-electron chi connectivity index (χ3n) is 3.56. The fourth-order valence-corrected chi connectivity index (χ4v) is 2.72. The van der Waals surface area contributed by atoms with Gasteiger partial charge in [-0.3, -0.25) is 4.57 Å². The van der Waals surface area contributed by atoms with E-state index in [4.69, 9.17) is 25.8 Å². The first kappa shape index (κ1) is 17.1. The predicted molar refractivity (Wildman–Crippen MR) is 96.1 cm³/mol. The summed E-state index contributed by atoms with van der Waals surface area (Å²) in [6.07, 6.45) is 1.70. The average molecular weight is 360 g/mol. The van der Waals surface area contributed by atoms with Crippen molar-refractivity contribution in [2.45, 2.75) is 6.92 Å². The number of nitrogens with zero attached hydrogens (tertiary/aromatic N) is 3. The molecule has 0 N–H and O–H groups in total. The van der Waals surface area contributed by atoms with E-state index in [1.165, 1.54) is 0 Å². The molecule has 3 aromatic rings. The van der Waals surface area contributed by atoms with E-state index in [1.807, 2.05) is 37.3 Å². The minimum atomic E-state index is 0.339. The van der Waals surface area contributed by atoms with Crippen LogP contribution in [0.3, 0.4) is 0 Å². The molecule has 0 saturated carbocycles. The van der Waals surface area contributed by atoms with Gasteiger partial charge in [0.15, 0.2) is 5.82 Å². The van der Waals surface area contributed by atoms with Crippen molar-refractivity contribution in [3.63, 3.8) is 0 Å². The molecule has 6 nitrogen and oxygen atoms in total. The van der Waals surface area contributed by atoms with Gasteiger partial charge in [-0.1, -0.05) is 23.7 Å². The summed E-state index contributed by atoms with van der Waals surface area (Å²) in [4.78, 5) is 8.91. The fourth-order valence-electron chi connectivity index (χ4n) is 2.54. The van der Waals surface area contributed by atoms with E-state index in [2.05, 4.69) is 9.97 Å². The normalized spacial score (nSPS) is 10.6. The fraction of sp³-hybridized carbons (Fsp3) is 0.222. The van der Waals surface area contributed by atoms with Crippen LogP contribution in [0.5, 0.6) is 17.4 Å². The predicted octanol–water partition coefficient (Wildman–Crippen LogP) is 4.00. The molecular formula is C18H18ClN3O3. The van der Waals surface area contributed by atoms with Gasteiger partial charge in [-0.15, -0.1) is 0 Å². The van der Waals surface area contributed by atoms with Crippen molar-refractivity contribution in [2.24, 2.45) is 0 Å². The second-order valence-corrected chi connectivity index (χ2v) is 5.45. The maximum atomic E-state index is 6.18. The van der Waals surface area contributed by atoms with Crippen LogP contribution in [0, 0.1) is 0 Å². The largest absolute Gasteiger partial charge is 0.494 e. The Morgan fingerprint density at radius 2 is 1.68 bits per heavy atom. The first-order valence-electron chi connectivity index (χ1n) is 7.74. The summed E-state index contributed by atoms with van der Waals surface area (Å²) in [5, 5.41) is 0.339. The minimum absolute atomic E-state index is 0.339. The summed E-state index contributed by atoms with van der Waals surface area (Å²) >= 11 is 6.18. The van der Waals surface area contributed by atoms with Gasteiger partial charge in [-0.05, 0) is 25.1 Å². The molecule has 0 fully saturated rings. The Morgan fingerprint density at radius 1 is 1.00 bits per heavy atom. The Hall–Kier alpha value is -2.73. The number of para-hydroxylation sites is 1. The maximum Gasteiger partial charge on any atom is 0.213 e. The molecule has 0 atom stereocenters. The molecule has 25 heavy (non-hydrogen) atoms. The van der Waals surface area contributed by atoms with E-state index in [0.29, 0.717) is 46.3 Å². The smallest absolute Gasteiger partial charge is 0.213 e. The quantitative estimate of drug-likeness (QED) is 0.665. The third kappa shape index (κ3) is 3.39. The molecule has 7 heteroatoms. The van der Waals surface area contributed by atoms with Gasteiger partial charge in [0.05, 0.1) is 20.8 Å². The van der Waals surface area contributed by atoms with E-state index in [1.54, 1.807) is 31.0 Å². The summed E-state index contributed by atoms with van der Waals surface area (Å²) in [6.45, 7) is 2.44. The van der Waals surface area contributed by atoms with Crippen LogP contribution in [0.2, 0.25) is 5.15 Å². The number of ether oxygens (including phenoxy) is 3. The van der Waals surface area contributed by atoms with Crippen molar-refractivity contribution in [1.82, 2.24) is 14.5 Å². The van der Waals surface area contributed by atoms with E-state index in [9.17, 15) is 0 Å². The van der Waals surface area contributed by atoms with E-state index in [0.717, 1.165) is 0 Å². The summed E-state index contributed by atoms with van der Waals surface area (Å²) in [6, 6.07) is 11.1. The average Bonchev–Trinajstić information content (AvgIpc) is 3.02. The molecule has 2 heterocycles. The first-order valence-corrected chi connectivity index (χ1v) is 8.12. The van der Waals surface area contributed by atoms with Crippen LogP contribution in [0.1, 0.15) is 6.92 Å². The van der Waals surface area contributed by atoms with Crippen LogP contribution >= 0.6 is 11.6 Å². The Morgan fingerprint density at radius 3 is 2.32 bits per heavy atom. The molecule has 0 spiro atoms. The highest BCUT2D eigenvalue weighted by atomic mass is 35.5. The Kier molecular flexibility index (Phi) is 5.09. The molecule has 0 aliphatic carbocycles. The summed E-state index contributed by atoms with van der Waals surface area (Å²) in [7, 11) is 3.20. The molecule has 2 aromatic heterocycles. The van der Waals surface area contributed by atoms with Gasteiger partial charge in [0.25, 0.3) is 0 Å². The highest BCUT2D eigenvalue weighted by molar-refractivity contribution is 6.29. The molecule has 0 amide bonds. The highest BCUT2D eigenvalue weighted by Crippen LogP contribution is 2.36. The molecule has 130 valence electrons. The third-order valence-corrected chi connectivity index (χ3v) is 3.75. The molecule has 0 unspecified atom stereocenters. The highest BCUT2D eigenvalue weighted by Gasteiger charge is 2.19. The van der Waals surface area contributed by atoms with Gasteiger partial charge < -0.3 is 14.2 Å². The lowest BCUT2D eigenvalue weighted by molar-refractivity contribution is 0.327. The molecule has 0 saturated heterocycles. The second-order valence-electron chi connectivity index (χ2n) is 5.06. The van der Waals surface area contributed by atoms with Crippen LogP contribution in [0.25, 0.3) is 17.2 Å². The van der Waals surface area contributed by atoms with Gasteiger partial charge in [0.1, 0.15) is 28.0 Å². The standard InChI is InChI=1S/C18H18ClN3O3/c1-4-25-16-10-5-7-12(20-16)18-21-15(19)11-22(18)17-13(23-2)8-6-9-14(17)24-3/h5-11H,4H2,1-3H3. The van der Waals surface area contributed by atoms with Crippen molar-refractivity contribution in [3.05, 3.63) is 47.7 Å². The number of hydrogen-bond acceptors (Lipinski definition) is 5. The molecule has 0 aliphatic heterocycles. The van der Waals surface area contributed by atoms with Crippen molar-refractivity contribution in [1.29, 1.82) is 0 Å². The zero-order chi connectivity index (χ0) is 17.8. The minimum Gasteiger partial charge on any atom is -0.494 e. The van der Waals surface area contributed by atoms with Gasteiger partial charge in [-0.25, -0.2) is 9.97 Å². The Labute approximate surface area is 151 Å². The lowest BCUT2D eigenvalue weighted by Crippen LogP contribution is -2.04. The number of benzene rings is 1. The van der Waals surface area contributed by atoms with Crippen molar-refractivity contribution >= 4 is 11.6 Å². The molecule has 0 aliphatic rings. The molecule has 0 radical (unpaired) electrons. The number of rotatable bonds is 6. The Bertz CT molecular complexity index is 858. The monoisotopic (exact) mass is 359 g/mol. The number of aromatic nitrogens is 3. The first-order chi connectivity index (χ1) is 12.2. The lowest BCUT2D eigenvalue weighted by atomic mass is 10.2. The summed E-state index contributed by atoms with van der Waals surface area (Å²) in [5.41, 5.74) is 1.33. The topological polar surface area (TPSA) is 58.4 Å². The van der Waals surface area contributed by atoms with Gasteiger partial charge in [0, 0.05) is 12.3 Å². The second kappa shape index (κ2) is 7.44. The van der Waals surface area contributed by atoms with Gasteiger partial charge in [0.2, 0.25) is 5.88 Å². The Balaban J connectivity index is 2.20. The summed E-state index contributed by atoms with van der Waals surface area (Å²) < 4.78 is 18.3. The van der Waals surface area contributed by atoms with Crippen LogP contribution in [0.4, 0.5) is 0 Å². The lowest BCUT2D eigenvalue weighted by Gasteiger charge is -2.15. The zero-order valence-corrected chi connectivity index (χ0v) is 14.9. The van der Waals surface area contributed by atoms with Crippen molar-refractivity contribution in [2.75, 3.05) is 20.8 Å². The van der Waals surface area contributed by atoms with Crippen LogP contribution in [-0.2, 0) is 0 Å². The van der Waals surface area contributed by atoms with Crippen molar-refractivity contribution < 1.29 is 14.2 Å². The van der Waals surface area contributed by atoms with E-state index >= 15 is 0 Å². The van der Waals surface area contributed by atoms with Crippen molar-refractivity contribution in [3.8, 4) is 34.6 Å². The molecule has 3 rings (SSSR count). The molecule has 1 aromatic carbocycles. The number of methoxy groups -OCH3 is 2. The van der Waals surface area contributed by atoms with Crippen LogP contribution < -0.4 is 14.2 Å². The number of imidazole rings is 1. The van der Waals surface area contributed by atoms with E-state index < -0.39 is 0 Å². The number of pyridine rings is 1. The SMILES string of the molecule is CCOc1cccc(-c2nc(Cl)cn2-c2c(OC)cccc2OC)n1. The summed E-state index contributed by atoms with van der Waals surface area (Å²) in [5.74, 6) is 2.36. The van der Waals surface area contributed by atoms with Crippen LogP contribution in [-0.4, -0.2) is 35.4 Å². The van der Waals surface area contributed by atoms with Gasteiger partial charge >= 0.3 is 0 Å². The molecular weight excluding hydrogens is 342 g/mol. The maximum absolute atomic E-state index is 6.18. The molecule has 0 bridgehead atoms. The zero-order valence-electron chi connectivity index (χ0n) is 14.2. The van der Waals surface area contributed by atoms with E-state index in [-0.39, 0.29) is 0 Å².